The standard InChI is InChI=1S/C31H25NOS/c1-30(2)21-11-7-5-9-17(21)19-14-16-24(33)25(26(19)30)29-32-23-15-13-20-18-10-6-8-12-22(18)31(3,4)27(20)28(23)34-29/h5-16,33H,1-4H3. The molecule has 0 atom stereocenters. The van der Waals surface area contributed by atoms with E-state index in [2.05, 4.69) is 94.4 Å². The highest BCUT2D eigenvalue weighted by Gasteiger charge is 2.40. The lowest BCUT2D eigenvalue weighted by atomic mass is 9.80. The summed E-state index contributed by atoms with van der Waals surface area (Å²) in [7, 11) is 0. The molecule has 0 fully saturated rings. The van der Waals surface area contributed by atoms with Crippen molar-refractivity contribution in [1.82, 2.24) is 4.98 Å². The molecule has 0 saturated carbocycles. The molecule has 7 rings (SSSR count). The number of nitrogens with zero attached hydrogens (tertiary/aromatic N) is 1. The molecule has 0 saturated heterocycles. The van der Waals surface area contributed by atoms with Gasteiger partial charge < -0.3 is 5.11 Å². The molecule has 0 amide bonds. The van der Waals surface area contributed by atoms with Crippen molar-refractivity contribution in [3.63, 3.8) is 0 Å². The van der Waals surface area contributed by atoms with E-state index >= 15 is 0 Å². The molecule has 0 unspecified atom stereocenters. The summed E-state index contributed by atoms with van der Waals surface area (Å²) in [5.41, 5.74) is 11.8. The Morgan fingerprint density at radius 1 is 0.647 bits per heavy atom. The number of rotatable bonds is 1. The van der Waals surface area contributed by atoms with E-state index in [1.54, 1.807) is 11.3 Å². The number of thiazole rings is 1. The van der Waals surface area contributed by atoms with Gasteiger partial charge in [0, 0.05) is 10.8 Å². The normalized spacial score (nSPS) is 16.2. The summed E-state index contributed by atoms with van der Waals surface area (Å²) < 4.78 is 1.22. The average molecular weight is 460 g/mol. The molecule has 2 aliphatic rings. The van der Waals surface area contributed by atoms with Crippen molar-refractivity contribution in [3.8, 4) is 38.6 Å². The molecule has 34 heavy (non-hydrogen) atoms. The van der Waals surface area contributed by atoms with Crippen LogP contribution in [-0.4, -0.2) is 10.1 Å². The van der Waals surface area contributed by atoms with Gasteiger partial charge in [-0.1, -0.05) is 88.4 Å². The largest absolute Gasteiger partial charge is 0.507 e. The Hall–Kier alpha value is -3.43. The summed E-state index contributed by atoms with van der Waals surface area (Å²) in [5.74, 6) is 0.304. The predicted octanol–water partition coefficient (Wildman–Crippen LogP) is 8.28. The minimum Gasteiger partial charge on any atom is -0.507 e. The first kappa shape index (κ1) is 20.0. The number of aromatic nitrogens is 1. The van der Waals surface area contributed by atoms with Crippen molar-refractivity contribution in [2.24, 2.45) is 0 Å². The molecule has 0 radical (unpaired) electrons. The highest BCUT2D eigenvalue weighted by molar-refractivity contribution is 7.22. The van der Waals surface area contributed by atoms with Gasteiger partial charge in [0.1, 0.15) is 10.8 Å². The second-order valence-corrected chi connectivity index (χ2v) is 11.6. The molecule has 0 bridgehead atoms. The highest BCUT2D eigenvalue weighted by atomic mass is 32.1. The van der Waals surface area contributed by atoms with E-state index in [9.17, 15) is 5.11 Å². The summed E-state index contributed by atoms with van der Waals surface area (Å²) in [6.07, 6.45) is 0. The minimum atomic E-state index is -0.213. The van der Waals surface area contributed by atoms with Crippen LogP contribution >= 0.6 is 11.3 Å². The third kappa shape index (κ3) is 2.33. The molecule has 5 aromatic rings. The Balaban J connectivity index is 1.52. The molecule has 1 N–H and O–H groups in total. The fraction of sp³-hybridized carbons (Fsp3) is 0.194. The van der Waals surface area contributed by atoms with Crippen molar-refractivity contribution >= 4 is 21.6 Å². The van der Waals surface area contributed by atoms with Crippen molar-refractivity contribution < 1.29 is 5.11 Å². The maximum Gasteiger partial charge on any atom is 0.128 e. The fourth-order valence-electron chi connectivity index (χ4n) is 6.42. The molecular formula is C31H25NOS. The van der Waals surface area contributed by atoms with Crippen LogP contribution in [0.2, 0.25) is 0 Å². The topological polar surface area (TPSA) is 33.1 Å². The molecule has 2 aliphatic carbocycles. The zero-order valence-electron chi connectivity index (χ0n) is 19.7. The first-order valence-electron chi connectivity index (χ1n) is 11.8. The second-order valence-electron chi connectivity index (χ2n) is 10.6. The zero-order valence-corrected chi connectivity index (χ0v) is 20.5. The number of phenols is 1. The number of benzene rings is 4. The third-order valence-corrected chi connectivity index (χ3v) is 9.09. The van der Waals surface area contributed by atoms with Crippen molar-refractivity contribution in [2.45, 2.75) is 38.5 Å². The Kier molecular flexibility index (Phi) is 3.74. The molecule has 0 aliphatic heterocycles. The lowest BCUT2D eigenvalue weighted by molar-refractivity contribution is 0.475. The predicted molar refractivity (Wildman–Crippen MR) is 142 cm³/mol. The second kappa shape index (κ2) is 6.37. The van der Waals surface area contributed by atoms with E-state index in [1.165, 1.54) is 49.2 Å². The molecule has 4 aromatic carbocycles. The summed E-state index contributed by atoms with van der Waals surface area (Å²) in [4.78, 5) is 5.11. The maximum absolute atomic E-state index is 11.2. The molecule has 3 heteroatoms. The Morgan fingerprint density at radius 2 is 1.21 bits per heavy atom. The summed E-state index contributed by atoms with van der Waals surface area (Å²) in [6.45, 7) is 9.14. The Labute approximate surface area is 203 Å². The third-order valence-electron chi connectivity index (χ3n) is 7.99. The van der Waals surface area contributed by atoms with Gasteiger partial charge in [-0.25, -0.2) is 4.98 Å². The first-order chi connectivity index (χ1) is 16.3. The van der Waals surface area contributed by atoms with Crippen LogP contribution in [0.15, 0.2) is 72.8 Å². The summed E-state index contributed by atoms with van der Waals surface area (Å²) in [6, 6.07) is 25.6. The lowest BCUT2D eigenvalue weighted by Gasteiger charge is -2.24. The maximum atomic E-state index is 11.2. The van der Waals surface area contributed by atoms with Crippen LogP contribution in [-0.2, 0) is 10.8 Å². The average Bonchev–Trinajstić information content (AvgIpc) is 3.42. The molecule has 1 aromatic heterocycles. The smallest absolute Gasteiger partial charge is 0.128 e. The number of hydrogen-bond donors (Lipinski definition) is 1. The number of hydrogen-bond acceptors (Lipinski definition) is 3. The van der Waals surface area contributed by atoms with E-state index in [0.717, 1.165) is 16.1 Å². The van der Waals surface area contributed by atoms with Gasteiger partial charge in [-0.2, -0.15) is 0 Å². The van der Waals surface area contributed by atoms with Crippen LogP contribution < -0.4 is 0 Å². The van der Waals surface area contributed by atoms with Gasteiger partial charge in [0.2, 0.25) is 0 Å². The van der Waals surface area contributed by atoms with Gasteiger partial charge in [0.05, 0.1) is 15.8 Å². The molecular weight excluding hydrogens is 434 g/mol. The van der Waals surface area contributed by atoms with E-state index in [1.807, 2.05) is 6.07 Å². The van der Waals surface area contributed by atoms with E-state index in [4.69, 9.17) is 4.98 Å². The van der Waals surface area contributed by atoms with Gasteiger partial charge in [-0.3, -0.25) is 0 Å². The monoisotopic (exact) mass is 459 g/mol. The number of phenolic OH excluding ortho intramolecular Hbond substituents is 1. The van der Waals surface area contributed by atoms with Gasteiger partial charge >= 0.3 is 0 Å². The van der Waals surface area contributed by atoms with Crippen LogP contribution in [0.5, 0.6) is 5.75 Å². The van der Waals surface area contributed by atoms with Crippen molar-refractivity contribution in [1.29, 1.82) is 0 Å². The highest BCUT2D eigenvalue weighted by Crippen LogP contribution is 2.57. The van der Waals surface area contributed by atoms with Gasteiger partial charge in [-0.05, 0) is 56.6 Å². The quantitative estimate of drug-likeness (QED) is 0.273. The Morgan fingerprint density at radius 3 is 1.88 bits per heavy atom. The van der Waals surface area contributed by atoms with E-state index < -0.39 is 0 Å². The minimum absolute atomic E-state index is 0.0918. The van der Waals surface area contributed by atoms with Crippen LogP contribution in [0.25, 0.3) is 43.0 Å². The van der Waals surface area contributed by atoms with Gasteiger partial charge in [0.15, 0.2) is 0 Å². The van der Waals surface area contributed by atoms with Crippen LogP contribution in [0.1, 0.15) is 49.9 Å². The molecule has 166 valence electrons. The molecule has 0 spiro atoms. The summed E-state index contributed by atoms with van der Waals surface area (Å²) in [5, 5.41) is 12.1. The first-order valence-corrected chi connectivity index (χ1v) is 12.6. The number of aromatic hydroxyl groups is 1. The Bertz CT molecular complexity index is 1670. The van der Waals surface area contributed by atoms with E-state index in [-0.39, 0.29) is 10.8 Å². The SMILES string of the molecule is CC1(C)c2ccccc2-c2ccc(O)c(-c3nc4ccc5c(c4s3)C(C)(C)c3ccccc3-5)c21. The lowest BCUT2D eigenvalue weighted by Crippen LogP contribution is -2.16. The van der Waals surface area contributed by atoms with Gasteiger partial charge in [0.25, 0.3) is 0 Å². The van der Waals surface area contributed by atoms with Crippen LogP contribution in [0.3, 0.4) is 0 Å². The number of fused-ring (bicyclic) bond motifs is 8. The van der Waals surface area contributed by atoms with Crippen molar-refractivity contribution in [3.05, 3.63) is 95.1 Å². The fourth-order valence-corrected chi connectivity index (χ4v) is 7.75. The summed E-state index contributed by atoms with van der Waals surface area (Å²) >= 11 is 1.72. The molecule has 1 heterocycles. The van der Waals surface area contributed by atoms with Crippen molar-refractivity contribution in [2.75, 3.05) is 0 Å². The molecule has 2 nitrogen and oxygen atoms in total. The van der Waals surface area contributed by atoms with E-state index in [0.29, 0.717) is 5.75 Å². The van der Waals surface area contributed by atoms with Gasteiger partial charge in [-0.15, -0.1) is 11.3 Å². The van der Waals surface area contributed by atoms with Crippen LogP contribution in [0.4, 0.5) is 0 Å². The van der Waals surface area contributed by atoms with Crippen LogP contribution in [0, 0.1) is 0 Å². The zero-order chi connectivity index (χ0) is 23.4.